The van der Waals surface area contributed by atoms with E-state index in [-0.39, 0.29) is 6.10 Å². The molecule has 0 saturated carbocycles. The minimum Gasteiger partial charge on any atom is -0.391 e. The summed E-state index contributed by atoms with van der Waals surface area (Å²) < 4.78 is 0. The van der Waals surface area contributed by atoms with Crippen LogP contribution in [0.2, 0.25) is 0 Å². The van der Waals surface area contributed by atoms with E-state index in [0.29, 0.717) is 19.0 Å². The zero-order valence-corrected chi connectivity index (χ0v) is 14.1. The molecule has 0 bridgehead atoms. The number of anilines is 1. The van der Waals surface area contributed by atoms with Gasteiger partial charge in [-0.3, -0.25) is 10.00 Å². The van der Waals surface area contributed by atoms with Crippen molar-refractivity contribution >= 4 is 16.7 Å². The zero-order chi connectivity index (χ0) is 17.1. The van der Waals surface area contributed by atoms with Gasteiger partial charge < -0.3 is 10.4 Å². The first kappa shape index (κ1) is 16.1. The van der Waals surface area contributed by atoms with E-state index >= 15 is 0 Å². The van der Waals surface area contributed by atoms with E-state index in [2.05, 4.69) is 37.5 Å². The molecular formula is C19H23N5O. The Morgan fingerprint density at radius 1 is 1.28 bits per heavy atom. The van der Waals surface area contributed by atoms with Crippen molar-refractivity contribution in [3.8, 4) is 0 Å². The fraction of sp³-hybridized carbons (Fsp3) is 0.368. The summed E-state index contributed by atoms with van der Waals surface area (Å²) in [6.07, 6.45) is 5.04. The van der Waals surface area contributed by atoms with Crippen molar-refractivity contribution in [2.75, 3.05) is 25.0 Å². The molecule has 25 heavy (non-hydrogen) atoms. The summed E-state index contributed by atoms with van der Waals surface area (Å²) in [6.45, 7) is 2.65. The molecular weight excluding hydrogens is 314 g/mol. The fourth-order valence-electron chi connectivity index (χ4n) is 3.56. The Hall–Kier alpha value is -2.44. The van der Waals surface area contributed by atoms with Gasteiger partial charge in [-0.05, 0) is 24.5 Å². The molecule has 3 aromatic rings. The molecule has 0 radical (unpaired) electrons. The lowest BCUT2D eigenvalue weighted by Crippen LogP contribution is -2.33. The van der Waals surface area contributed by atoms with Gasteiger partial charge in [-0.2, -0.15) is 5.10 Å². The van der Waals surface area contributed by atoms with Gasteiger partial charge in [0.25, 0.3) is 0 Å². The molecule has 0 amide bonds. The standard InChI is InChI=1S/C19H23N5O/c25-16(10-14-4-2-1-3-5-14)13-24-9-7-15(12-24)22-18-6-8-20-19-17(18)11-21-23-19/h1-6,8,11,15-16,25H,7,9-10,12-13H2,(H2,20,21,22,23). The van der Waals surface area contributed by atoms with Crippen LogP contribution in [0, 0.1) is 0 Å². The number of aromatic amines is 1. The maximum atomic E-state index is 10.4. The van der Waals surface area contributed by atoms with Gasteiger partial charge in [0.2, 0.25) is 0 Å². The average Bonchev–Trinajstić information content (AvgIpc) is 3.25. The van der Waals surface area contributed by atoms with Crippen molar-refractivity contribution in [1.82, 2.24) is 20.1 Å². The van der Waals surface area contributed by atoms with E-state index in [9.17, 15) is 5.11 Å². The predicted octanol–water partition coefficient (Wildman–Crippen LogP) is 2.05. The molecule has 2 aromatic heterocycles. The summed E-state index contributed by atoms with van der Waals surface area (Å²) in [5.74, 6) is 0. The van der Waals surface area contributed by atoms with E-state index < -0.39 is 0 Å². The van der Waals surface area contributed by atoms with Crippen LogP contribution in [0.5, 0.6) is 0 Å². The van der Waals surface area contributed by atoms with Gasteiger partial charge in [0.15, 0.2) is 5.65 Å². The number of hydrogen-bond donors (Lipinski definition) is 3. The van der Waals surface area contributed by atoms with Crippen molar-refractivity contribution in [1.29, 1.82) is 0 Å². The summed E-state index contributed by atoms with van der Waals surface area (Å²) >= 11 is 0. The van der Waals surface area contributed by atoms with Crippen LogP contribution in [0.4, 0.5) is 5.69 Å². The third-order valence-electron chi connectivity index (χ3n) is 4.77. The Morgan fingerprint density at radius 2 is 2.16 bits per heavy atom. The Kier molecular flexibility index (Phi) is 4.63. The zero-order valence-electron chi connectivity index (χ0n) is 14.1. The van der Waals surface area contributed by atoms with Gasteiger partial charge in [-0.25, -0.2) is 4.98 Å². The number of benzene rings is 1. The van der Waals surface area contributed by atoms with Gasteiger partial charge in [0.05, 0.1) is 17.7 Å². The van der Waals surface area contributed by atoms with Crippen molar-refractivity contribution in [3.63, 3.8) is 0 Å². The minimum absolute atomic E-state index is 0.331. The summed E-state index contributed by atoms with van der Waals surface area (Å²) in [5, 5.41) is 21.9. The first-order valence-corrected chi connectivity index (χ1v) is 8.77. The molecule has 2 unspecified atom stereocenters. The van der Waals surface area contributed by atoms with Crippen LogP contribution in [0.25, 0.3) is 11.0 Å². The Bertz CT molecular complexity index is 819. The van der Waals surface area contributed by atoms with Crippen molar-refractivity contribution in [3.05, 3.63) is 54.4 Å². The first-order chi connectivity index (χ1) is 12.3. The van der Waals surface area contributed by atoms with E-state index in [4.69, 9.17) is 0 Å². The van der Waals surface area contributed by atoms with Crippen LogP contribution in [-0.2, 0) is 6.42 Å². The van der Waals surface area contributed by atoms with Crippen LogP contribution in [0.15, 0.2) is 48.8 Å². The number of nitrogens with one attached hydrogen (secondary N) is 2. The number of β-amino-alcohol motifs (C(OH)–C–C–N with tert-alkyl or cyclic N) is 1. The van der Waals surface area contributed by atoms with Crippen molar-refractivity contribution in [2.45, 2.75) is 25.0 Å². The highest BCUT2D eigenvalue weighted by atomic mass is 16.3. The minimum atomic E-state index is -0.331. The number of fused-ring (bicyclic) bond motifs is 1. The Balaban J connectivity index is 1.31. The second-order valence-electron chi connectivity index (χ2n) is 6.72. The van der Waals surface area contributed by atoms with Gasteiger partial charge in [-0.1, -0.05) is 30.3 Å². The van der Waals surface area contributed by atoms with Crippen LogP contribution in [-0.4, -0.2) is 57.0 Å². The maximum Gasteiger partial charge on any atom is 0.157 e. The maximum absolute atomic E-state index is 10.4. The molecule has 6 nitrogen and oxygen atoms in total. The second-order valence-corrected chi connectivity index (χ2v) is 6.72. The lowest BCUT2D eigenvalue weighted by Gasteiger charge is -2.21. The Morgan fingerprint density at radius 3 is 3.04 bits per heavy atom. The van der Waals surface area contributed by atoms with E-state index in [1.165, 1.54) is 5.56 Å². The smallest absolute Gasteiger partial charge is 0.157 e. The summed E-state index contributed by atoms with van der Waals surface area (Å²) in [7, 11) is 0. The quantitative estimate of drug-likeness (QED) is 0.642. The highest BCUT2D eigenvalue weighted by Crippen LogP contribution is 2.22. The summed E-state index contributed by atoms with van der Waals surface area (Å²) in [5.41, 5.74) is 3.05. The average molecular weight is 337 g/mol. The number of aliphatic hydroxyl groups excluding tert-OH is 1. The van der Waals surface area contributed by atoms with Crippen LogP contribution < -0.4 is 5.32 Å². The van der Waals surface area contributed by atoms with E-state index in [1.807, 2.05) is 24.3 Å². The molecule has 0 aliphatic carbocycles. The molecule has 1 fully saturated rings. The van der Waals surface area contributed by atoms with Gasteiger partial charge in [-0.15, -0.1) is 0 Å². The number of aromatic nitrogens is 3. The monoisotopic (exact) mass is 337 g/mol. The molecule has 4 rings (SSSR count). The van der Waals surface area contributed by atoms with E-state index in [1.54, 1.807) is 12.4 Å². The van der Waals surface area contributed by atoms with Crippen LogP contribution in [0.3, 0.4) is 0 Å². The largest absolute Gasteiger partial charge is 0.391 e. The Labute approximate surface area is 146 Å². The number of pyridine rings is 1. The topological polar surface area (TPSA) is 77.1 Å². The number of likely N-dealkylation sites (tertiary alicyclic amines) is 1. The predicted molar refractivity (Wildman–Crippen MR) is 98.5 cm³/mol. The number of hydrogen-bond acceptors (Lipinski definition) is 5. The second kappa shape index (κ2) is 7.21. The van der Waals surface area contributed by atoms with Crippen LogP contribution in [0.1, 0.15) is 12.0 Å². The molecule has 130 valence electrons. The molecule has 1 aromatic carbocycles. The van der Waals surface area contributed by atoms with Crippen LogP contribution >= 0.6 is 0 Å². The van der Waals surface area contributed by atoms with Gasteiger partial charge >= 0.3 is 0 Å². The van der Waals surface area contributed by atoms with Gasteiger partial charge in [0, 0.05) is 37.6 Å². The van der Waals surface area contributed by atoms with Crippen molar-refractivity contribution < 1.29 is 5.11 Å². The number of aliphatic hydroxyl groups is 1. The molecule has 3 N–H and O–H groups in total. The lowest BCUT2D eigenvalue weighted by atomic mass is 10.1. The number of nitrogens with zero attached hydrogens (tertiary/aromatic N) is 3. The molecule has 6 heteroatoms. The van der Waals surface area contributed by atoms with Gasteiger partial charge in [0.1, 0.15) is 0 Å². The summed E-state index contributed by atoms with van der Waals surface area (Å²) in [4.78, 5) is 6.60. The highest BCUT2D eigenvalue weighted by Gasteiger charge is 2.24. The molecule has 0 spiro atoms. The summed E-state index contributed by atoms with van der Waals surface area (Å²) in [6, 6.07) is 12.5. The molecule has 3 heterocycles. The highest BCUT2D eigenvalue weighted by molar-refractivity contribution is 5.88. The molecule has 1 aliphatic rings. The van der Waals surface area contributed by atoms with Crippen molar-refractivity contribution in [2.24, 2.45) is 0 Å². The lowest BCUT2D eigenvalue weighted by molar-refractivity contribution is 0.125. The third kappa shape index (κ3) is 3.81. The number of H-pyrrole nitrogens is 1. The molecule has 1 aliphatic heterocycles. The third-order valence-corrected chi connectivity index (χ3v) is 4.77. The first-order valence-electron chi connectivity index (χ1n) is 8.77. The molecule has 1 saturated heterocycles. The normalized spacial score (nSPS) is 19.3. The van der Waals surface area contributed by atoms with E-state index in [0.717, 1.165) is 36.2 Å². The fourth-order valence-corrected chi connectivity index (χ4v) is 3.56. The SMILES string of the molecule is OC(Cc1ccccc1)CN1CCC(Nc2ccnc3[nH]ncc23)C1. The number of rotatable bonds is 6. The molecule has 2 atom stereocenters.